The lowest BCUT2D eigenvalue weighted by Gasteiger charge is -2.13. The van der Waals surface area contributed by atoms with E-state index >= 15 is 0 Å². The number of carboxylic acid groups (broad SMARTS) is 1. The largest absolute Gasteiger partial charge is 0.480 e. The van der Waals surface area contributed by atoms with Crippen LogP contribution in [0.3, 0.4) is 0 Å². The average Bonchev–Trinajstić information content (AvgIpc) is 2.15. The van der Waals surface area contributed by atoms with Gasteiger partial charge in [-0.2, -0.15) is 17.9 Å². The van der Waals surface area contributed by atoms with Gasteiger partial charge in [0.2, 0.25) is 5.91 Å². The maximum Gasteiger partial charge on any atom is 0.322 e. The summed E-state index contributed by atoms with van der Waals surface area (Å²) in [5, 5.41) is 8.67. The van der Waals surface area contributed by atoms with E-state index in [1.807, 2.05) is 4.72 Å². The maximum atomic E-state index is 11.3. The molecule has 0 aliphatic heterocycles. The van der Waals surface area contributed by atoms with Crippen molar-refractivity contribution in [1.82, 2.24) is 9.44 Å². The fraction of sp³-hybridized carbons (Fsp3) is 0.714. The number of amides is 1. The Bertz CT molecular complexity index is 368. The number of methoxy groups -OCH3 is 1. The fourth-order valence-corrected chi connectivity index (χ4v) is 1.88. The van der Waals surface area contributed by atoms with Gasteiger partial charge in [-0.25, -0.2) is 0 Å². The fourth-order valence-electron chi connectivity index (χ4n) is 0.888. The molecular weight excluding hydrogens is 254 g/mol. The lowest BCUT2D eigenvalue weighted by molar-refractivity contribution is -0.140. The Morgan fingerprint density at radius 2 is 2.06 bits per heavy atom. The van der Waals surface area contributed by atoms with Crippen LogP contribution in [0.2, 0.25) is 0 Å². The van der Waals surface area contributed by atoms with Gasteiger partial charge in [0.05, 0.1) is 13.0 Å². The van der Waals surface area contributed by atoms with Crippen LogP contribution in [0.15, 0.2) is 0 Å². The summed E-state index contributed by atoms with van der Waals surface area (Å²) in [6.07, 6.45) is -0.624. The zero-order valence-electron chi connectivity index (χ0n) is 9.17. The number of nitrogens with two attached hydrogens (primary N) is 1. The molecule has 0 fully saturated rings. The summed E-state index contributed by atoms with van der Waals surface area (Å²) >= 11 is 0. The van der Waals surface area contributed by atoms with Crippen molar-refractivity contribution in [3.05, 3.63) is 0 Å². The second-order valence-corrected chi connectivity index (χ2v) is 4.60. The molecule has 0 aliphatic carbocycles. The summed E-state index contributed by atoms with van der Waals surface area (Å²) in [6, 6.07) is -1.59. The molecule has 100 valence electrons. The Balaban J connectivity index is 4.42. The van der Waals surface area contributed by atoms with Gasteiger partial charge in [0, 0.05) is 13.7 Å². The second kappa shape index (κ2) is 7.17. The molecule has 0 heterocycles. The number of carbonyl (C=O) groups is 2. The average molecular weight is 269 g/mol. The van der Waals surface area contributed by atoms with Crippen LogP contribution < -0.4 is 15.2 Å². The Morgan fingerprint density at radius 1 is 1.47 bits per heavy atom. The summed E-state index contributed by atoms with van der Waals surface area (Å²) in [5.74, 6) is -2.40. The minimum Gasteiger partial charge on any atom is -0.480 e. The normalized spacial score (nSPS) is 13.2. The molecule has 1 atom stereocenters. The highest BCUT2D eigenvalue weighted by atomic mass is 32.2. The zero-order valence-corrected chi connectivity index (χ0v) is 9.99. The summed E-state index contributed by atoms with van der Waals surface area (Å²) in [4.78, 5) is 21.2. The predicted octanol–water partition coefficient (Wildman–Crippen LogP) is -2.61. The molecule has 0 radical (unpaired) electrons. The third-order valence-corrected chi connectivity index (χ3v) is 2.78. The highest BCUT2D eigenvalue weighted by Gasteiger charge is 2.25. The van der Waals surface area contributed by atoms with Gasteiger partial charge in [-0.15, -0.1) is 0 Å². The van der Waals surface area contributed by atoms with Crippen molar-refractivity contribution in [3.8, 4) is 0 Å². The highest BCUT2D eigenvalue weighted by Crippen LogP contribution is 1.94. The molecule has 0 spiro atoms. The molecule has 1 amide bonds. The van der Waals surface area contributed by atoms with Crippen LogP contribution in [0.25, 0.3) is 0 Å². The summed E-state index contributed by atoms with van der Waals surface area (Å²) < 4.78 is 31.1. The van der Waals surface area contributed by atoms with Crippen molar-refractivity contribution in [2.75, 3.05) is 20.3 Å². The van der Waals surface area contributed by atoms with Crippen molar-refractivity contribution in [2.24, 2.45) is 5.73 Å². The number of carbonyl (C=O) groups excluding carboxylic acids is 1. The molecule has 17 heavy (non-hydrogen) atoms. The molecule has 9 nitrogen and oxygen atoms in total. The van der Waals surface area contributed by atoms with Crippen LogP contribution in [-0.4, -0.2) is 51.7 Å². The van der Waals surface area contributed by atoms with E-state index in [1.165, 1.54) is 7.11 Å². The highest BCUT2D eigenvalue weighted by molar-refractivity contribution is 7.87. The van der Waals surface area contributed by atoms with Crippen molar-refractivity contribution in [2.45, 2.75) is 12.5 Å². The monoisotopic (exact) mass is 269 g/mol. The molecule has 0 unspecified atom stereocenters. The lowest BCUT2D eigenvalue weighted by atomic mass is 10.2. The maximum absolute atomic E-state index is 11.3. The number of ether oxygens (including phenoxy) is 1. The molecule has 0 bridgehead atoms. The van der Waals surface area contributed by atoms with Crippen molar-refractivity contribution in [1.29, 1.82) is 0 Å². The van der Waals surface area contributed by atoms with Crippen LogP contribution >= 0.6 is 0 Å². The van der Waals surface area contributed by atoms with E-state index in [9.17, 15) is 18.0 Å². The first kappa shape index (κ1) is 15.8. The molecular formula is C7H15N3O6S. The molecule has 0 aromatic rings. The van der Waals surface area contributed by atoms with Crippen LogP contribution in [0.1, 0.15) is 6.42 Å². The Labute approximate surface area is 98.5 Å². The van der Waals surface area contributed by atoms with E-state index < -0.39 is 34.5 Å². The number of aliphatic carboxylic acids is 1. The number of carboxylic acids is 1. The van der Waals surface area contributed by atoms with Gasteiger partial charge >= 0.3 is 5.97 Å². The van der Waals surface area contributed by atoms with Crippen LogP contribution in [0, 0.1) is 0 Å². The van der Waals surface area contributed by atoms with Gasteiger partial charge in [0.15, 0.2) is 0 Å². The van der Waals surface area contributed by atoms with Crippen molar-refractivity contribution in [3.63, 3.8) is 0 Å². The molecule has 10 heteroatoms. The van der Waals surface area contributed by atoms with Gasteiger partial charge in [-0.1, -0.05) is 0 Å². The van der Waals surface area contributed by atoms with E-state index in [0.717, 1.165) is 0 Å². The minimum absolute atomic E-state index is 0.0191. The summed E-state index contributed by atoms with van der Waals surface area (Å²) in [6.45, 7) is 0.114. The molecule has 0 aliphatic rings. The smallest absolute Gasteiger partial charge is 0.322 e. The quantitative estimate of drug-likeness (QED) is 0.337. The standard InChI is InChI=1S/C7H15N3O6S/c1-16-3-2-9-17(14,15)10-5(7(12)13)4-6(8)11/h5,9-10H,2-4H2,1H3,(H2,8,11)(H,12,13)/t5-/m0/s1. The molecule has 0 rings (SSSR count). The third kappa shape index (κ3) is 7.63. The Hall–Kier alpha value is -1.23. The summed E-state index contributed by atoms with van der Waals surface area (Å²) in [5.41, 5.74) is 4.79. The first-order chi connectivity index (χ1) is 7.78. The van der Waals surface area contributed by atoms with E-state index in [-0.39, 0.29) is 13.2 Å². The van der Waals surface area contributed by atoms with Gasteiger partial charge in [0.1, 0.15) is 6.04 Å². The van der Waals surface area contributed by atoms with E-state index in [0.29, 0.717) is 0 Å². The topological polar surface area (TPSA) is 148 Å². The number of primary amides is 1. The predicted molar refractivity (Wildman–Crippen MR) is 57.2 cm³/mol. The SMILES string of the molecule is COCCNS(=O)(=O)N[C@@H](CC(N)=O)C(=O)O. The molecule has 0 aromatic carbocycles. The van der Waals surface area contributed by atoms with E-state index in [1.54, 1.807) is 4.72 Å². The van der Waals surface area contributed by atoms with Crippen LogP contribution in [0.4, 0.5) is 0 Å². The molecule has 5 N–H and O–H groups in total. The van der Waals surface area contributed by atoms with Gasteiger partial charge < -0.3 is 15.6 Å². The third-order valence-electron chi connectivity index (χ3n) is 1.60. The van der Waals surface area contributed by atoms with Gasteiger partial charge in [-0.05, 0) is 0 Å². The number of rotatable bonds is 9. The van der Waals surface area contributed by atoms with Crippen LogP contribution in [0.5, 0.6) is 0 Å². The first-order valence-corrected chi connectivity index (χ1v) is 6.03. The zero-order chi connectivity index (χ0) is 13.5. The molecule has 0 aromatic heterocycles. The van der Waals surface area contributed by atoms with Gasteiger partial charge in [-0.3, -0.25) is 9.59 Å². The second-order valence-electron chi connectivity index (χ2n) is 3.07. The Kier molecular flexibility index (Phi) is 6.65. The van der Waals surface area contributed by atoms with Gasteiger partial charge in [0.25, 0.3) is 10.2 Å². The summed E-state index contributed by atoms with van der Waals surface area (Å²) in [7, 11) is -2.63. The number of nitrogens with one attached hydrogen (secondary N) is 2. The first-order valence-electron chi connectivity index (χ1n) is 4.55. The molecule has 0 saturated carbocycles. The van der Waals surface area contributed by atoms with E-state index in [4.69, 9.17) is 10.8 Å². The molecule has 0 saturated heterocycles. The Morgan fingerprint density at radius 3 is 2.47 bits per heavy atom. The van der Waals surface area contributed by atoms with Crippen molar-refractivity contribution >= 4 is 22.1 Å². The number of hydrogen-bond acceptors (Lipinski definition) is 5. The van der Waals surface area contributed by atoms with Crippen molar-refractivity contribution < 1.29 is 27.9 Å². The van der Waals surface area contributed by atoms with Crippen LogP contribution in [-0.2, 0) is 24.5 Å². The lowest BCUT2D eigenvalue weighted by Crippen LogP contribution is -2.48. The van der Waals surface area contributed by atoms with E-state index in [2.05, 4.69) is 4.74 Å². The number of hydrogen-bond donors (Lipinski definition) is 4. The minimum atomic E-state index is -4.01.